The Morgan fingerprint density at radius 3 is 2.67 bits per heavy atom. The molecule has 24 heavy (non-hydrogen) atoms. The molecule has 1 aromatic rings. The normalized spacial score (nSPS) is 16.9. The highest BCUT2D eigenvalue weighted by atomic mass is 16.5. The summed E-state index contributed by atoms with van der Waals surface area (Å²) >= 11 is 0. The number of carbonyl (C=O) groups excluding carboxylic acids is 1. The number of methoxy groups -OCH3 is 1. The standard InChI is InChI=1S/C19H30N2O3/c1-13(2)18(21-16-7-9-24-10-8-16)19(22)20-12-15-6-5-14(3)17(11-15)23-4/h5-6,11,13,16,18,21H,7-10,12H2,1-4H3,(H,20,22)/t18-/m0/s1. The number of rotatable bonds is 7. The molecular weight excluding hydrogens is 304 g/mol. The molecule has 2 rings (SSSR count). The van der Waals surface area contributed by atoms with E-state index < -0.39 is 0 Å². The van der Waals surface area contributed by atoms with Gasteiger partial charge in [-0.15, -0.1) is 0 Å². The molecule has 1 aliphatic heterocycles. The van der Waals surface area contributed by atoms with Crippen molar-refractivity contribution in [2.24, 2.45) is 5.92 Å². The van der Waals surface area contributed by atoms with E-state index in [2.05, 4.69) is 24.5 Å². The number of nitrogens with one attached hydrogen (secondary N) is 2. The van der Waals surface area contributed by atoms with Gasteiger partial charge >= 0.3 is 0 Å². The van der Waals surface area contributed by atoms with E-state index in [0.29, 0.717) is 12.6 Å². The highest BCUT2D eigenvalue weighted by molar-refractivity contribution is 5.82. The second kappa shape index (κ2) is 9.04. The summed E-state index contributed by atoms with van der Waals surface area (Å²) in [5.74, 6) is 1.14. The van der Waals surface area contributed by atoms with Gasteiger partial charge in [0.05, 0.1) is 13.2 Å². The van der Waals surface area contributed by atoms with E-state index in [4.69, 9.17) is 9.47 Å². The van der Waals surface area contributed by atoms with Crippen LogP contribution in [0.15, 0.2) is 18.2 Å². The molecule has 134 valence electrons. The zero-order valence-electron chi connectivity index (χ0n) is 15.2. The molecule has 0 bridgehead atoms. The third-order valence-electron chi connectivity index (χ3n) is 4.52. The first-order valence-corrected chi connectivity index (χ1v) is 8.76. The molecule has 0 unspecified atom stereocenters. The third-order valence-corrected chi connectivity index (χ3v) is 4.52. The quantitative estimate of drug-likeness (QED) is 0.804. The van der Waals surface area contributed by atoms with E-state index in [-0.39, 0.29) is 17.9 Å². The van der Waals surface area contributed by atoms with Crippen LogP contribution in [0.4, 0.5) is 0 Å². The molecule has 5 nitrogen and oxygen atoms in total. The minimum atomic E-state index is -0.180. The van der Waals surface area contributed by atoms with Crippen LogP contribution in [0.3, 0.4) is 0 Å². The summed E-state index contributed by atoms with van der Waals surface area (Å²) in [5, 5.41) is 6.56. The Labute approximate surface area is 145 Å². The molecule has 1 heterocycles. The van der Waals surface area contributed by atoms with Gasteiger partial charge in [0.25, 0.3) is 0 Å². The van der Waals surface area contributed by atoms with Crippen LogP contribution in [0.25, 0.3) is 0 Å². The highest BCUT2D eigenvalue weighted by Crippen LogP contribution is 2.19. The molecule has 2 N–H and O–H groups in total. The summed E-state index contributed by atoms with van der Waals surface area (Å²) in [5.41, 5.74) is 2.13. The van der Waals surface area contributed by atoms with Crippen LogP contribution in [0.5, 0.6) is 5.75 Å². The minimum absolute atomic E-state index is 0.0519. The number of carbonyl (C=O) groups is 1. The molecule has 0 aromatic heterocycles. The van der Waals surface area contributed by atoms with Gasteiger partial charge in [0.15, 0.2) is 0 Å². The monoisotopic (exact) mass is 334 g/mol. The molecule has 1 aliphatic rings. The predicted molar refractivity (Wildman–Crippen MR) is 95.2 cm³/mol. The van der Waals surface area contributed by atoms with E-state index in [1.54, 1.807) is 7.11 Å². The summed E-state index contributed by atoms with van der Waals surface area (Å²) in [4.78, 5) is 12.6. The molecule has 0 radical (unpaired) electrons. The summed E-state index contributed by atoms with van der Waals surface area (Å²) in [6.07, 6.45) is 1.93. The van der Waals surface area contributed by atoms with Crippen molar-refractivity contribution in [3.63, 3.8) is 0 Å². The van der Waals surface area contributed by atoms with Crippen LogP contribution in [-0.2, 0) is 16.1 Å². The van der Waals surface area contributed by atoms with Crippen molar-refractivity contribution < 1.29 is 14.3 Å². The first-order chi connectivity index (χ1) is 11.5. The van der Waals surface area contributed by atoms with Gasteiger partial charge in [0, 0.05) is 25.8 Å². The van der Waals surface area contributed by atoms with Crippen LogP contribution >= 0.6 is 0 Å². The first-order valence-electron chi connectivity index (χ1n) is 8.76. The molecule has 1 fully saturated rings. The smallest absolute Gasteiger partial charge is 0.237 e. The number of amides is 1. The van der Waals surface area contributed by atoms with Crippen molar-refractivity contribution in [3.8, 4) is 5.75 Å². The van der Waals surface area contributed by atoms with E-state index in [1.807, 2.05) is 25.1 Å². The van der Waals surface area contributed by atoms with Gasteiger partial charge in [0.2, 0.25) is 5.91 Å². The lowest BCUT2D eigenvalue weighted by Gasteiger charge is -2.30. The largest absolute Gasteiger partial charge is 0.496 e. The zero-order chi connectivity index (χ0) is 17.5. The number of benzene rings is 1. The average Bonchev–Trinajstić information content (AvgIpc) is 2.59. The van der Waals surface area contributed by atoms with Gasteiger partial charge in [-0.2, -0.15) is 0 Å². The van der Waals surface area contributed by atoms with Crippen molar-refractivity contribution in [2.45, 2.75) is 52.2 Å². The summed E-state index contributed by atoms with van der Waals surface area (Å²) in [6.45, 7) is 8.21. The lowest BCUT2D eigenvalue weighted by Crippen LogP contribution is -2.52. The first kappa shape index (κ1) is 18.7. The van der Waals surface area contributed by atoms with Gasteiger partial charge < -0.3 is 20.1 Å². The number of hydrogen-bond acceptors (Lipinski definition) is 4. The molecule has 1 aromatic carbocycles. The second-order valence-electron chi connectivity index (χ2n) is 6.80. The summed E-state index contributed by atoms with van der Waals surface area (Å²) < 4.78 is 10.7. The number of ether oxygens (including phenoxy) is 2. The van der Waals surface area contributed by atoms with E-state index in [0.717, 1.165) is 42.9 Å². The molecule has 0 saturated carbocycles. The topological polar surface area (TPSA) is 59.6 Å². The van der Waals surface area contributed by atoms with E-state index >= 15 is 0 Å². The molecule has 5 heteroatoms. The van der Waals surface area contributed by atoms with Crippen LogP contribution in [-0.4, -0.2) is 38.3 Å². The van der Waals surface area contributed by atoms with Crippen molar-refractivity contribution in [1.29, 1.82) is 0 Å². The Balaban J connectivity index is 1.92. The Bertz CT molecular complexity index is 539. The number of aryl methyl sites for hydroxylation is 1. The van der Waals surface area contributed by atoms with Gasteiger partial charge in [-0.3, -0.25) is 4.79 Å². The minimum Gasteiger partial charge on any atom is -0.496 e. The Morgan fingerprint density at radius 1 is 1.33 bits per heavy atom. The van der Waals surface area contributed by atoms with E-state index in [9.17, 15) is 4.79 Å². The van der Waals surface area contributed by atoms with Crippen molar-refractivity contribution in [3.05, 3.63) is 29.3 Å². The van der Waals surface area contributed by atoms with Gasteiger partial charge in [-0.1, -0.05) is 26.0 Å². The molecular formula is C19H30N2O3. The fraction of sp³-hybridized carbons (Fsp3) is 0.632. The van der Waals surface area contributed by atoms with Crippen LogP contribution in [0.2, 0.25) is 0 Å². The van der Waals surface area contributed by atoms with Crippen molar-refractivity contribution in [2.75, 3.05) is 20.3 Å². The number of hydrogen-bond donors (Lipinski definition) is 2. The Morgan fingerprint density at radius 2 is 2.04 bits per heavy atom. The van der Waals surface area contributed by atoms with Crippen molar-refractivity contribution in [1.82, 2.24) is 10.6 Å². The van der Waals surface area contributed by atoms with Crippen LogP contribution in [0.1, 0.15) is 37.8 Å². The van der Waals surface area contributed by atoms with Crippen molar-refractivity contribution >= 4 is 5.91 Å². The van der Waals surface area contributed by atoms with Gasteiger partial charge in [-0.05, 0) is 42.9 Å². The molecule has 1 saturated heterocycles. The average molecular weight is 334 g/mol. The SMILES string of the molecule is COc1cc(CNC(=O)[C@@H](NC2CCOCC2)C(C)C)ccc1C. The molecule has 1 atom stereocenters. The molecule has 0 spiro atoms. The molecule has 1 amide bonds. The Hall–Kier alpha value is -1.59. The summed E-state index contributed by atoms with van der Waals surface area (Å²) in [7, 11) is 1.66. The lowest BCUT2D eigenvalue weighted by molar-refractivity contribution is -0.124. The highest BCUT2D eigenvalue weighted by Gasteiger charge is 2.26. The van der Waals surface area contributed by atoms with Crippen LogP contribution in [0, 0.1) is 12.8 Å². The van der Waals surface area contributed by atoms with Gasteiger partial charge in [0.1, 0.15) is 5.75 Å². The summed E-state index contributed by atoms with van der Waals surface area (Å²) in [6, 6.07) is 6.19. The maximum Gasteiger partial charge on any atom is 0.237 e. The second-order valence-corrected chi connectivity index (χ2v) is 6.80. The maximum absolute atomic E-state index is 12.6. The third kappa shape index (κ3) is 5.21. The predicted octanol–water partition coefficient (Wildman–Crippen LogP) is 2.41. The Kier molecular flexibility index (Phi) is 7.06. The zero-order valence-corrected chi connectivity index (χ0v) is 15.2. The van der Waals surface area contributed by atoms with Crippen LogP contribution < -0.4 is 15.4 Å². The van der Waals surface area contributed by atoms with E-state index in [1.165, 1.54) is 0 Å². The molecule has 0 aliphatic carbocycles. The lowest BCUT2D eigenvalue weighted by atomic mass is 10.00. The fourth-order valence-electron chi connectivity index (χ4n) is 2.96. The maximum atomic E-state index is 12.6. The fourth-order valence-corrected chi connectivity index (χ4v) is 2.96. The van der Waals surface area contributed by atoms with Gasteiger partial charge in [-0.25, -0.2) is 0 Å².